The summed E-state index contributed by atoms with van der Waals surface area (Å²) in [6, 6.07) is 14.3. The number of hydrogen-bond acceptors (Lipinski definition) is 5. The van der Waals surface area contributed by atoms with E-state index in [-0.39, 0.29) is 0 Å². The first-order valence-corrected chi connectivity index (χ1v) is 8.39. The van der Waals surface area contributed by atoms with Crippen molar-refractivity contribution in [2.45, 2.75) is 45.9 Å². The van der Waals surface area contributed by atoms with Gasteiger partial charge in [-0.3, -0.25) is 4.90 Å². The quantitative estimate of drug-likeness (QED) is 0.604. The summed E-state index contributed by atoms with van der Waals surface area (Å²) in [5.74, 6) is 1.84. The molecule has 0 aliphatic carbocycles. The first kappa shape index (κ1) is 16.4. The minimum atomic E-state index is 0.687. The van der Waals surface area contributed by atoms with Crippen molar-refractivity contribution in [2.24, 2.45) is 0 Å². The van der Waals surface area contributed by atoms with E-state index in [1.807, 2.05) is 22.9 Å². The van der Waals surface area contributed by atoms with Gasteiger partial charge >= 0.3 is 0 Å². The van der Waals surface area contributed by atoms with Gasteiger partial charge in [-0.05, 0) is 34.5 Å². The van der Waals surface area contributed by atoms with E-state index in [1.165, 1.54) is 5.56 Å². The van der Waals surface area contributed by atoms with Crippen molar-refractivity contribution in [1.29, 1.82) is 0 Å². The fraction of sp³-hybridized carbons (Fsp3) is 0.389. The van der Waals surface area contributed by atoms with Crippen LogP contribution in [0.4, 0.5) is 0 Å². The summed E-state index contributed by atoms with van der Waals surface area (Å²) in [7, 11) is 0. The molecule has 3 aromatic rings. The van der Waals surface area contributed by atoms with E-state index in [0.29, 0.717) is 6.54 Å². The third-order valence-electron chi connectivity index (χ3n) is 3.90. The molecule has 0 aliphatic rings. The summed E-state index contributed by atoms with van der Waals surface area (Å²) < 4.78 is 7.42. The second kappa shape index (κ2) is 8.40. The average Bonchev–Trinajstić information content (AvgIpc) is 3.26. The number of rotatable bonds is 9. The lowest BCUT2D eigenvalue weighted by atomic mass is 10.2. The topological polar surface area (TPSA) is 60.0 Å². The van der Waals surface area contributed by atoms with E-state index in [4.69, 9.17) is 4.42 Å². The predicted octanol–water partition coefficient (Wildman–Crippen LogP) is 3.27. The van der Waals surface area contributed by atoms with E-state index in [9.17, 15) is 0 Å². The van der Waals surface area contributed by atoms with Crippen molar-refractivity contribution < 1.29 is 4.42 Å². The maximum atomic E-state index is 5.52. The molecule has 0 fully saturated rings. The zero-order valence-electron chi connectivity index (χ0n) is 14.0. The molecular formula is C18H23N5O. The molecule has 0 spiro atoms. The van der Waals surface area contributed by atoms with Gasteiger partial charge in [0.05, 0.1) is 19.4 Å². The molecule has 0 bridgehead atoms. The number of aryl methyl sites for hydroxylation is 1. The molecule has 1 aromatic carbocycles. The summed E-state index contributed by atoms with van der Waals surface area (Å²) in [5.41, 5.74) is 1.26. The van der Waals surface area contributed by atoms with Crippen LogP contribution < -0.4 is 0 Å². The molecule has 0 N–H and O–H groups in total. The first-order valence-electron chi connectivity index (χ1n) is 8.39. The number of furan rings is 1. The van der Waals surface area contributed by atoms with Gasteiger partial charge in [0.1, 0.15) is 5.76 Å². The molecule has 126 valence electrons. The van der Waals surface area contributed by atoms with Gasteiger partial charge in [-0.15, -0.1) is 5.10 Å². The third kappa shape index (κ3) is 4.52. The molecule has 24 heavy (non-hydrogen) atoms. The monoisotopic (exact) mass is 325 g/mol. The smallest absolute Gasteiger partial charge is 0.165 e. The van der Waals surface area contributed by atoms with Crippen LogP contribution >= 0.6 is 0 Å². The molecule has 0 saturated carbocycles. The number of unbranched alkanes of at least 4 members (excludes halogenated alkanes) is 1. The minimum absolute atomic E-state index is 0.687. The average molecular weight is 325 g/mol. The lowest BCUT2D eigenvalue weighted by molar-refractivity contribution is 0.217. The fourth-order valence-corrected chi connectivity index (χ4v) is 2.65. The van der Waals surface area contributed by atoms with Crippen LogP contribution in [0.15, 0.2) is 53.1 Å². The molecule has 0 aliphatic heterocycles. The van der Waals surface area contributed by atoms with Crippen LogP contribution in [-0.4, -0.2) is 25.1 Å². The Balaban J connectivity index is 1.73. The van der Waals surface area contributed by atoms with Crippen molar-refractivity contribution in [1.82, 2.24) is 25.1 Å². The molecule has 0 radical (unpaired) electrons. The van der Waals surface area contributed by atoms with Crippen LogP contribution in [0.5, 0.6) is 0 Å². The Hall–Kier alpha value is -2.47. The van der Waals surface area contributed by atoms with Crippen molar-refractivity contribution in [3.63, 3.8) is 0 Å². The Morgan fingerprint density at radius 1 is 1.04 bits per heavy atom. The summed E-state index contributed by atoms with van der Waals surface area (Å²) in [4.78, 5) is 2.29. The summed E-state index contributed by atoms with van der Waals surface area (Å²) >= 11 is 0. The van der Waals surface area contributed by atoms with Crippen molar-refractivity contribution in [3.05, 3.63) is 65.9 Å². The molecule has 0 amide bonds. The van der Waals surface area contributed by atoms with Gasteiger partial charge < -0.3 is 4.42 Å². The SMILES string of the molecule is CCCCn1nnnc1CN(Cc1ccccc1)Cc1ccco1. The van der Waals surface area contributed by atoms with Gasteiger partial charge in [-0.25, -0.2) is 4.68 Å². The highest BCUT2D eigenvalue weighted by atomic mass is 16.3. The molecular weight excluding hydrogens is 302 g/mol. The highest BCUT2D eigenvalue weighted by molar-refractivity contribution is 5.14. The molecule has 0 atom stereocenters. The Morgan fingerprint density at radius 2 is 1.92 bits per heavy atom. The second-order valence-corrected chi connectivity index (χ2v) is 5.88. The van der Waals surface area contributed by atoms with Gasteiger partial charge in [0.25, 0.3) is 0 Å². The standard InChI is InChI=1S/C18H23N5O/c1-2-3-11-23-18(19-20-21-23)15-22(14-17-10-7-12-24-17)13-16-8-5-4-6-9-16/h4-10,12H,2-3,11,13-15H2,1H3. The summed E-state index contributed by atoms with van der Waals surface area (Å²) in [6.45, 7) is 5.26. The molecule has 6 nitrogen and oxygen atoms in total. The first-order chi connectivity index (χ1) is 11.8. The number of nitrogens with zero attached hydrogens (tertiary/aromatic N) is 5. The summed E-state index contributed by atoms with van der Waals surface area (Å²) in [5, 5.41) is 12.2. The van der Waals surface area contributed by atoms with Gasteiger partial charge in [0, 0.05) is 13.1 Å². The van der Waals surface area contributed by atoms with Crippen LogP contribution in [0, 0.1) is 0 Å². The van der Waals surface area contributed by atoms with Gasteiger partial charge in [0.2, 0.25) is 0 Å². The van der Waals surface area contributed by atoms with E-state index in [1.54, 1.807) is 6.26 Å². The van der Waals surface area contributed by atoms with Gasteiger partial charge in [-0.1, -0.05) is 43.7 Å². The van der Waals surface area contributed by atoms with Crippen molar-refractivity contribution in [3.8, 4) is 0 Å². The minimum Gasteiger partial charge on any atom is -0.468 e. The Bertz CT molecular complexity index is 708. The number of tetrazole rings is 1. The zero-order chi connectivity index (χ0) is 16.6. The lowest BCUT2D eigenvalue weighted by Crippen LogP contribution is -2.24. The zero-order valence-corrected chi connectivity index (χ0v) is 14.0. The van der Waals surface area contributed by atoms with Crippen LogP contribution in [0.3, 0.4) is 0 Å². The largest absolute Gasteiger partial charge is 0.468 e. The van der Waals surface area contributed by atoms with E-state index in [2.05, 4.69) is 51.6 Å². The van der Waals surface area contributed by atoms with Gasteiger partial charge in [-0.2, -0.15) is 0 Å². The third-order valence-corrected chi connectivity index (χ3v) is 3.90. The molecule has 0 unspecified atom stereocenters. The maximum Gasteiger partial charge on any atom is 0.165 e. The van der Waals surface area contributed by atoms with E-state index < -0.39 is 0 Å². The van der Waals surface area contributed by atoms with Crippen molar-refractivity contribution >= 4 is 0 Å². The molecule has 3 rings (SSSR count). The highest BCUT2D eigenvalue weighted by Crippen LogP contribution is 2.13. The normalized spacial score (nSPS) is 11.2. The van der Waals surface area contributed by atoms with E-state index in [0.717, 1.165) is 44.1 Å². The van der Waals surface area contributed by atoms with Crippen molar-refractivity contribution in [2.75, 3.05) is 0 Å². The van der Waals surface area contributed by atoms with Crippen LogP contribution in [0.2, 0.25) is 0 Å². The maximum absolute atomic E-state index is 5.52. The van der Waals surface area contributed by atoms with Crippen LogP contribution in [0.1, 0.15) is 36.9 Å². The predicted molar refractivity (Wildman–Crippen MR) is 90.8 cm³/mol. The molecule has 0 saturated heterocycles. The molecule has 6 heteroatoms. The second-order valence-electron chi connectivity index (χ2n) is 5.88. The van der Waals surface area contributed by atoms with E-state index >= 15 is 0 Å². The lowest BCUT2D eigenvalue weighted by Gasteiger charge is -2.20. The molecule has 2 aromatic heterocycles. The number of hydrogen-bond donors (Lipinski definition) is 0. The van der Waals surface area contributed by atoms with Gasteiger partial charge in [0.15, 0.2) is 5.82 Å². The Kier molecular flexibility index (Phi) is 5.74. The fourth-order valence-electron chi connectivity index (χ4n) is 2.65. The highest BCUT2D eigenvalue weighted by Gasteiger charge is 2.14. The molecule has 2 heterocycles. The van der Waals surface area contributed by atoms with Crippen LogP contribution in [-0.2, 0) is 26.2 Å². The Labute approximate surface area is 142 Å². The van der Waals surface area contributed by atoms with Crippen LogP contribution in [0.25, 0.3) is 0 Å². The number of aromatic nitrogens is 4. The Morgan fingerprint density at radius 3 is 2.67 bits per heavy atom. The number of benzene rings is 1. The summed E-state index contributed by atoms with van der Waals surface area (Å²) in [6.07, 6.45) is 3.91.